The molecule has 0 bridgehead atoms. The number of halogens is 2. The fraction of sp³-hybridized carbons (Fsp3) is 0.667. The van der Waals surface area contributed by atoms with Crippen LogP contribution in [0.1, 0.15) is 32.1 Å². The molecule has 0 saturated heterocycles. The molecule has 1 heterocycles. The fourth-order valence-electron chi connectivity index (χ4n) is 2.52. The molecule has 0 amide bonds. The van der Waals surface area contributed by atoms with Crippen LogP contribution in [0, 0.1) is 0 Å². The van der Waals surface area contributed by atoms with Crippen molar-refractivity contribution in [2.24, 2.45) is 0 Å². The van der Waals surface area contributed by atoms with Crippen LogP contribution >= 0.6 is 43.2 Å². The lowest BCUT2D eigenvalue weighted by molar-refractivity contribution is 0.263. The topological polar surface area (TPSA) is 37.4 Å². The lowest BCUT2D eigenvalue weighted by atomic mass is 9.95. The van der Waals surface area contributed by atoms with Crippen molar-refractivity contribution in [3.63, 3.8) is 0 Å². The molecule has 0 radical (unpaired) electrons. The third-order valence-corrected chi connectivity index (χ3v) is 8.37. The van der Waals surface area contributed by atoms with Gasteiger partial charge < -0.3 is 0 Å². The van der Waals surface area contributed by atoms with Crippen molar-refractivity contribution in [2.45, 2.75) is 42.4 Å². The Kier molecular flexibility index (Phi) is 5.90. The summed E-state index contributed by atoms with van der Waals surface area (Å²) in [6, 6.07) is 1.95. The van der Waals surface area contributed by atoms with Crippen molar-refractivity contribution in [2.75, 3.05) is 11.9 Å². The van der Waals surface area contributed by atoms with Gasteiger partial charge >= 0.3 is 0 Å². The summed E-state index contributed by atoms with van der Waals surface area (Å²) in [5.74, 6) is 0. The van der Waals surface area contributed by atoms with Crippen LogP contribution < -0.4 is 0 Å². The number of hydrogen-bond donors (Lipinski definition) is 0. The highest BCUT2D eigenvalue weighted by molar-refractivity contribution is 9.10. The number of thiophene rings is 1. The van der Waals surface area contributed by atoms with Crippen LogP contribution in [0.2, 0.25) is 0 Å². The molecule has 1 saturated carbocycles. The number of sulfonamides is 1. The van der Waals surface area contributed by atoms with Gasteiger partial charge in [-0.3, -0.25) is 0 Å². The first-order valence-corrected chi connectivity index (χ1v) is 10.6. The van der Waals surface area contributed by atoms with Gasteiger partial charge in [0.1, 0.15) is 4.21 Å². The summed E-state index contributed by atoms with van der Waals surface area (Å²) >= 11 is 8.00. The molecule has 1 fully saturated rings. The smallest absolute Gasteiger partial charge is 0.206 e. The molecule has 1 aliphatic carbocycles. The maximum absolute atomic E-state index is 12.8. The monoisotopic (exact) mass is 429 g/mol. The first kappa shape index (κ1) is 15.9. The van der Waals surface area contributed by atoms with Gasteiger partial charge in [-0.25, -0.2) is 8.42 Å². The lowest BCUT2D eigenvalue weighted by Crippen LogP contribution is -2.42. The van der Waals surface area contributed by atoms with Crippen molar-refractivity contribution in [3.05, 3.63) is 15.9 Å². The van der Waals surface area contributed by atoms with Gasteiger partial charge in [-0.15, -0.1) is 11.3 Å². The molecule has 0 aliphatic heterocycles. The molecule has 1 aromatic heterocycles. The Labute approximate surface area is 135 Å². The van der Waals surface area contributed by atoms with E-state index in [4.69, 9.17) is 0 Å². The Morgan fingerprint density at radius 1 is 1.32 bits per heavy atom. The second-order valence-corrected chi connectivity index (χ2v) is 9.30. The van der Waals surface area contributed by atoms with E-state index in [1.807, 2.05) is 5.38 Å². The minimum Gasteiger partial charge on any atom is -0.206 e. The second kappa shape index (κ2) is 7.02. The van der Waals surface area contributed by atoms with E-state index in [-0.39, 0.29) is 6.04 Å². The van der Waals surface area contributed by atoms with Gasteiger partial charge in [0.15, 0.2) is 0 Å². The molecule has 0 N–H and O–H groups in total. The average molecular weight is 431 g/mol. The van der Waals surface area contributed by atoms with Crippen LogP contribution in [-0.2, 0) is 10.0 Å². The van der Waals surface area contributed by atoms with Crippen LogP contribution in [-0.4, -0.2) is 30.6 Å². The Bertz CT molecular complexity index is 510. The zero-order valence-electron chi connectivity index (χ0n) is 10.5. The highest BCUT2D eigenvalue weighted by Gasteiger charge is 2.33. The number of hydrogen-bond acceptors (Lipinski definition) is 3. The Balaban J connectivity index is 2.29. The van der Waals surface area contributed by atoms with Crippen molar-refractivity contribution in [1.82, 2.24) is 4.31 Å². The van der Waals surface area contributed by atoms with Gasteiger partial charge in [0.05, 0.1) is 0 Å². The summed E-state index contributed by atoms with van der Waals surface area (Å²) in [6.45, 7) is 0.539. The number of nitrogens with zero attached hydrogens (tertiary/aromatic N) is 1. The van der Waals surface area contributed by atoms with Gasteiger partial charge in [0.2, 0.25) is 0 Å². The highest BCUT2D eigenvalue weighted by Crippen LogP contribution is 2.34. The van der Waals surface area contributed by atoms with Crippen LogP contribution in [0.25, 0.3) is 0 Å². The Morgan fingerprint density at radius 2 is 2.00 bits per heavy atom. The largest absolute Gasteiger partial charge is 0.253 e. The molecular formula is C12H17Br2NO2S2. The van der Waals surface area contributed by atoms with E-state index in [9.17, 15) is 8.42 Å². The van der Waals surface area contributed by atoms with E-state index >= 15 is 0 Å². The summed E-state index contributed by atoms with van der Waals surface area (Å²) in [6.07, 6.45) is 5.45. The number of rotatable bonds is 5. The van der Waals surface area contributed by atoms with Crippen LogP contribution in [0.3, 0.4) is 0 Å². The molecule has 108 valence electrons. The molecule has 19 heavy (non-hydrogen) atoms. The van der Waals surface area contributed by atoms with Crippen molar-refractivity contribution in [1.29, 1.82) is 0 Å². The molecule has 0 spiro atoms. The molecule has 0 atom stereocenters. The van der Waals surface area contributed by atoms with Crippen LogP contribution in [0.5, 0.6) is 0 Å². The molecule has 1 aromatic rings. The first-order valence-electron chi connectivity index (χ1n) is 6.38. The summed E-state index contributed by atoms with van der Waals surface area (Å²) in [7, 11) is -3.38. The minimum absolute atomic E-state index is 0.158. The van der Waals surface area contributed by atoms with E-state index < -0.39 is 10.0 Å². The van der Waals surface area contributed by atoms with E-state index in [1.165, 1.54) is 17.8 Å². The van der Waals surface area contributed by atoms with E-state index in [0.29, 0.717) is 20.6 Å². The summed E-state index contributed by atoms with van der Waals surface area (Å²) in [5.41, 5.74) is 0. The van der Waals surface area contributed by atoms with Crippen molar-refractivity contribution < 1.29 is 8.42 Å². The zero-order valence-corrected chi connectivity index (χ0v) is 15.3. The summed E-state index contributed by atoms with van der Waals surface area (Å²) in [4.78, 5) is 0. The third kappa shape index (κ3) is 3.61. The standard InChI is InChI=1S/C12H17Br2NO2S2/c13-7-8-15(10-4-2-1-3-5-10)19(16,17)12-11(14)6-9-18-12/h6,9-10H,1-5,7-8H2. The quantitative estimate of drug-likeness (QED) is 0.655. The fourth-order valence-corrected chi connectivity index (χ4v) is 7.25. The SMILES string of the molecule is O=S(=O)(c1sccc1Br)N(CCBr)C1CCCCC1. The van der Waals surface area contributed by atoms with E-state index in [0.717, 1.165) is 25.7 Å². The average Bonchev–Trinajstić information content (AvgIpc) is 2.84. The second-order valence-electron chi connectivity index (χ2n) is 4.65. The molecule has 2 rings (SSSR count). The van der Waals surface area contributed by atoms with Crippen molar-refractivity contribution in [3.8, 4) is 0 Å². The van der Waals surface area contributed by atoms with Gasteiger partial charge in [-0.1, -0.05) is 35.2 Å². The minimum atomic E-state index is -3.38. The summed E-state index contributed by atoms with van der Waals surface area (Å²) < 4.78 is 28.4. The molecular weight excluding hydrogens is 414 g/mol. The molecule has 0 unspecified atom stereocenters. The normalized spacial score (nSPS) is 18.1. The van der Waals surface area contributed by atoms with Gasteiger partial charge in [-0.2, -0.15) is 4.31 Å². The van der Waals surface area contributed by atoms with Crippen molar-refractivity contribution >= 4 is 53.2 Å². The molecule has 7 heteroatoms. The highest BCUT2D eigenvalue weighted by atomic mass is 79.9. The first-order chi connectivity index (χ1) is 9.07. The predicted molar refractivity (Wildman–Crippen MR) is 86.6 cm³/mol. The van der Waals surface area contributed by atoms with Gasteiger partial charge in [-0.05, 0) is 40.2 Å². The maximum atomic E-state index is 12.8. The van der Waals surface area contributed by atoms with Crippen LogP contribution in [0.15, 0.2) is 20.1 Å². The molecule has 0 aromatic carbocycles. The lowest BCUT2D eigenvalue weighted by Gasteiger charge is -2.32. The number of alkyl halides is 1. The van der Waals surface area contributed by atoms with Gasteiger partial charge in [0.25, 0.3) is 10.0 Å². The maximum Gasteiger partial charge on any atom is 0.253 e. The zero-order chi connectivity index (χ0) is 13.9. The van der Waals surface area contributed by atoms with Gasteiger partial charge in [0, 0.05) is 22.4 Å². The van der Waals surface area contributed by atoms with E-state index in [2.05, 4.69) is 31.9 Å². The van der Waals surface area contributed by atoms with Crippen LogP contribution in [0.4, 0.5) is 0 Å². The Morgan fingerprint density at radius 3 is 2.53 bits per heavy atom. The predicted octanol–water partition coefficient (Wildman–Crippen LogP) is 4.23. The third-order valence-electron chi connectivity index (χ3n) is 3.41. The Hall–Kier alpha value is 0.570. The molecule has 3 nitrogen and oxygen atoms in total. The summed E-state index contributed by atoms with van der Waals surface area (Å²) in [5, 5.41) is 2.48. The van der Waals surface area contributed by atoms with E-state index in [1.54, 1.807) is 10.4 Å². The molecule has 1 aliphatic rings.